The van der Waals surface area contributed by atoms with Gasteiger partial charge in [-0.05, 0) is 18.1 Å². The van der Waals surface area contributed by atoms with E-state index in [1.165, 1.54) is 4.57 Å². The van der Waals surface area contributed by atoms with E-state index in [1.54, 1.807) is 24.5 Å². The number of aromatic nitrogens is 1. The lowest BCUT2D eigenvalue weighted by Gasteiger charge is -2.06. The molecule has 3 heteroatoms. The molecule has 0 aliphatic heterocycles. The van der Waals surface area contributed by atoms with Crippen LogP contribution in [-0.4, -0.2) is 17.3 Å². The maximum atomic E-state index is 11.2. The van der Waals surface area contributed by atoms with E-state index < -0.39 is 0 Å². The van der Waals surface area contributed by atoms with E-state index in [9.17, 15) is 4.79 Å². The number of hydrogen-bond acceptors (Lipinski definition) is 2. The molecule has 0 saturated heterocycles. The first-order chi connectivity index (χ1) is 5.70. The molecule has 1 aromatic heterocycles. The van der Waals surface area contributed by atoms with E-state index in [1.807, 2.05) is 13.8 Å². The maximum absolute atomic E-state index is 11.2. The molecule has 0 fully saturated rings. The van der Waals surface area contributed by atoms with Crippen LogP contribution >= 0.6 is 0 Å². The van der Waals surface area contributed by atoms with Gasteiger partial charge in [-0.2, -0.15) is 0 Å². The molecule has 1 rings (SSSR count). The van der Waals surface area contributed by atoms with E-state index in [-0.39, 0.29) is 6.09 Å². The van der Waals surface area contributed by atoms with Crippen LogP contribution in [0.3, 0.4) is 0 Å². The highest BCUT2D eigenvalue weighted by Crippen LogP contribution is 1.97. The van der Waals surface area contributed by atoms with Gasteiger partial charge in [-0.3, -0.25) is 4.57 Å². The molecule has 0 saturated carbocycles. The highest BCUT2D eigenvalue weighted by Gasteiger charge is 2.04. The molecule has 3 nitrogen and oxygen atoms in total. The lowest BCUT2D eigenvalue weighted by molar-refractivity contribution is 0.134. The second kappa shape index (κ2) is 3.95. The first-order valence-electron chi connectivity index (χ1n) is 4.00. The highest BCUT2D eigenvalue weighted by molar-refractivity contribution is 5.70. The molecule has 0 atom stereocenters. The van der Waals surface area contributed by atoms with Crippen molar-refractivity contribution >= 4 is 6.09 Å². The zero-order valence-corrected chi connectivity index (χ0v) is 7.36. The van der Waals surface area contributed by atoms with Crippen molar-refractivity contribution in [1.82, 2.24) is 4.57 Å². The first kappa shape index (κ1) is 8.84. The molecule has 1 heterocycles. The lowest BCUT2D eigenvalue weighted by atomic mass is 10.2. The molecule has 0 aromatic carbocycles. The Balaban J connectivity index is 2.40. The van der Waals surface area contributed by atoms with E-state index >= 15 is 0 Å². The number of nitrogens with zero attached hydrogens (tertiary/aromatic N) is 1. The van der Waals surface area contributed by atoms with E-state index in [4.69, 9.17) is 4.74 Å². The van der Waals surface area contributed by atoms with Crippen LogP contribution in [0.15, 0.2) is 24.5 Å². The van der Waals surface area contributed by atoms with Gasteiger partial charge in [0, 0.05) is 12.4 Å². The summed E-state index contributed by atoms with van der Waals surface area (Å²) in [4.78, 5) is 11.2. The number of carbonyl (C=O) groups excluding carboxylic acids is 1. The van der Waals surface area contributed by atoms with Gasteiger partial charge in [-0.15, -0.1) is 0 Å². The largest absolute Gasteiger partial charge is 0.449 e. The second-order valence-electron chi connectivity index (χ2n) is 3.06. The van der Waals surface area contributed by atoms with Gasteiger partial charge in [-0.25, -0.2) is 4.79 Å². The molecular weight excluding hydrogens is 154 g/mol. The molecule has 0 spiro atoms. The van der Waals surface area contributed by atoms with Crippen LogP contribution in [0.4, 0.5) is 4.79 Å². The lowest BCUT2D eigenvalue weighted by Crippen LogP contribution is -2.14. The number of hydrogen-bond donors (Lipinski definition) is 0. The van der Waals surface area contributed by atoms with Crippen molar-refractivity contribution in [3.63, 3.8) is 0 Å². The molecule has 1 aromatic rings. The van der Waals surface area contributed by atoms with Crippen LogP contribution in [0.2, 0.25) is 0 Å². The minimum absolute atomic E-state index is 0.311. The molecule has 0 N–H and O–H groups in total. The van der Waals surface area contributed by atoms with Gasteiger partial charge < -0.3 is 4.74 Å². The fourth-order valence-corrected chi connectivity index (χ4v) is 0.769. The Morgan fingerprint density at radius 1 is 1.42 bits per heavy atom. The van der Waals surface area contributed by atoms with Gasteiger partial charge in [0.1, 0.15) is 0 Å². The molecule has 0 bridgehead atoms. The standard InChI is InChI=1S/C9H13NO2/c1-8(2)7-12-9(11)10-5-3-4-6-10/h3-6,8H,7H2,1-2H3. The Morgan fingerprint density at radius 2 is 2.00 bits per heavy atom. The van der Waals surface area contributed by atoms with Crippen LogP contribution in [-0.2, 0) is 4.74 Å². The fraction of sp³-hybridized carbons (Fsp3) is 0.444. The predicted molar refractivity (Wildman–Crippen MR) is 46.0 cm³/mol. The van der Waals surface area contributed by atoms with Crippen molar-refractivity contribution in [1.29, 1.82) is 0 Å². The molecule has 0 amide bonds. The summed E-state index contributed by atoms with van der Waals surface area (Å²) in [6.07, 6.45) is 3.03. The minimum atomic E-state index is -0.311. The summed E-state index contributed by atoms with van der Waals surface area (Å²) in [7, 11) is 0. The van der Waals surface area contributed by atoms with Gasteiger partial charge in [0.05, 0.1) is 6.61 Å². The van der Waals surface area contributed by atoms with Gasteiger partial charge in [-0.1, -0.05) is 13.8 Å². The van der Waals surface area contributed by atoms with E-state index in [0.717, 1.165) is 0 Å². The molecule has 12 heavy (non-hydrogen) atoms. The van der Waals surface area contributed by atoms with E-state index in [0.29, 0.717) is 12.5 Å². The van der Waals surface area contributed by atoms with Gasteiger partial charge in [0.2, 0.25) is 0 Å². The normalized spacial score (nSPS) is 10.2. The summed E-state index contributed by atoms with van der Waals surface area (Å²) in [5.41, 5.74) is 0. The molecule has 0 radical (unpaired) electrons. The Hall–Kier alpha value is -1.25. The van der Waals surface area contributed by atoms with Crippen LogP contribution in [0, 0.1) is 5.92 Å². The quantitative estimate of drug-likeness (QED) is 0.675. The zero-order chi connectivity index (χ0) is 8.97. The van der Waals surface area contributed by atoms with Crippen molar-refractivity contribution in [3.8, 4) is 0 Å². The van der Waals surface area contributed by atoms with E-state index in [2.05, 4.69) is 0 Å². The Bertz CT molecular complexity index is 239. The fourth-order valence-electron chi connectivity index (χ4n) is 0.769. The topological polar surface area (TPSA) is 31.2 Å². The van der Waals surface area contributed by atoms with Crippen molar-refractivity contribution in [2.75, 3.05) is 6.61 Å². The zero-order valence-electron chi connectivity index (χ0n) is 7.36. The Labute approximate surface area is 72.0 Å². The predicted octanol–water partition coefficient (Wildman–Crippen LogP) is 2.13. The van der Waals surface area contributed by atoms with Crippen molar-refractivity contribution in [3.05, 3.63) is 24.5 Å². The third-order valence-corrected chi connectivity index (χ3v) is 1.36. The van der Waals surface area contributed by atoms with Gasteiger partial charge in [0.25, 0.3) is 0 Å². The average Bonchev–Trinajstić information content (AvgIpc) is 2.51. The second-order valence-corrected chi connectivity index (χ2v) is 3.06. The molecule has 0 aliphatic rings. The summed E-state index contributed by atoms with van der Waals surface area (Å²) >= 11 is 0. The summed E-state index contributed by atoms with van der Waals surface area (Å²) < 4.78 is 6.39. The van der Waals surface area contributed by atoms with Gasteiger partial charge >= 0.3 is 6.09 Å². The van der Waals surface area contributed by atoms with Crippen molar-refractivity contribution in [2.24, 2.45) is 5.92 Å². The summed E-state index contributed by atoms with van der Waals surface area (Å²) in [6, 6.07) is 3.58. The van der Waals surface area contributed by atoms with Crippen LogP contribution in [0.1, 0.15) is 13.8 Å². The third kappa shape index (κ3) is 2.42. The SMILES string of the molecule is CC(C)COC(=O)n1cccc1. The van der Waals surface area contributed by atoms with Crippen molar-refractivity contribution < 1.29 is 9.53 Å². The number of rotatable bonds is 2. The molecular formula is C9H13NO2. The molecule has 0 unspecified atom stereocenters. The van der Waals surface area contributed by atoms with Crippen molar-refractivity contribution in [2.45, 2.75) is 13.8 Å². The average molecular weight is 167 g/mol. The third-order valence-electron chi connectivity index (χ3n) is 1.36. The van der Waals surface area contributed by atoms with Crippen LogP contribution in [0.25, 0.3) is 0 Å². The van der Waals surface area contributed by atoms with Crippen LogP contribution in [0.5, 0.6) is 0 Å². The molecule has 66 valence electrons. The Morgan fingerprint density at radius 3 is 2.50 bits per heavy atom. The monoisotopic (exact) mass is 167 g/mol. The highest BCUT2D eigenvalue weighted by atomic mass is 16.5. The molecule has 0 aliphatic carbocycles. The van der Waals surface area contributed by atoms with Crippen LogP contribution < -0.4 is 0 Å². The first-order valence-corrected chi connectivity index (χ1v) is 4.00. The summed E-state index contributed by atoms with van der Waals surface area (Å²) in [6.45, 7) is 4.48. The smallest absolute Gasteiger partial charge is 0.417 e. The maximum Gasteiger partial charge on any atom is 0.417 e. The van der Waals surface area contributed by atoms with Gasteiger partial charge in [0.15, 0.2) is 0 Å². The number of carbonyl (C=O) groups is 1. The summed E-state index contributed by atoms with van der Waals surface area (Å²) in [5.74, 6) is 0.379. The summed E-state index contributed by atoms with van der Waals surface area (Å²) in [5, 5.41) is 0. The minimum Gasteiger partial charge on any atom is -0.449 e. The Kier molecular flexibility index (Phi) is 2.91. The number of ether oxygens (including phenoxy) is 1.